The summed E-state index contributed by atoms with van der Waals surface area (Å²) in [6.45, 7) is 0.782. The summed E-state index contributed by atoms with van der Waals surface area (Å²) in [5, 5.41) is 8.74. The highest BCUT2D eigenvalue weighted by molar-refractivity contribution is 8.26. The van der Waals surface area contributed by atoms with Crippen LogP contribution in [0.5, 0.6) is 5.75 Å². The molecule has 0 spiro atoms. The zero-order valence-corrected chi connectivity index (χ0v) is 16.7. The number of hydrogen-bond donors (Lipinski definition) is 1. The van der Waals surface area contributed by atoms with E-state index in [1.54, 1.807) is 6.08 Å². The fourth-order valence-corrected chi connectivity index (χ4v) is 3.98. The molecule has 1 heterocycles. The van der Waals surface area contributed by atoms with Gasteiger partial charge in [0.1, 0.15) is 16.7 Å². The molecule has 1 N–H and O–H groups in total. The predicted molar refractivity (Wildman–Crippen MR) is 114 cm³/mol. The third-order valence-corrected chi connectivity index (χ3v) is 5.43. The fraction of sp³-hybridized carbons (Fsp3) is 0.190. The second-order valence-electron chi connectivity index (χ2n) is 6.18. The van der Waals surface area contributed by atoms with Gasteiger partial charge in [-0.25, -0.2) is 0 Å². The van der Waals surface area contributed by atoms with E-state index in [-0.39, 0.29) is 12.3 Å². The first-order valence-electron chi connectivity index (χ1n) is 8.77. The van der Waals surface area contributed by atoms with Crippen molar-refractivity contribution in [3.8, 4) is 5.75 Å². The number of carbonyl (C=O) groups excluding carboxylic acids is 1. The number of carboxylic acid groups (broad SMARTS) is 1. The van der Waals surface area contributed by atoms with Crippen LogP contribution in [0.3, 0.4) is 0 Å². The standard InChI is InChI=1S/C21H19NO4S2/c23-19(24)10-5-11-22-20(25)18(28-21(22)27)13-16-8-4-9-17(12-16)26-14-15-6-2-1-3-7-15/h1-4,6-9,12-13H,5,10-11,14H2,(H,23,24). The van der Waals surface area contributed by atoms with Crippen LogP contribution in [0, 0.1) is 0 Å². The minimum atomic E-state index is -0.881. The molecular formula is C21H19NO4S2. The molecule has 5 nitrogen and oxygen atoms in total. The summed E-state index contributed by atoms with van der Waals surface area (Å²) in [5.41, 5.74) is 1.92. The van der Waals surface area contributed by atoms with E-state index in [1.807, 2.05) is 54.6 Å². The Morgan fingerprint density at radius 3 is 2.71 bits per heavy atom. The fourth-order valence-electron chi connectivity index (χ4n) is 2.67. The van der Waals surface area contributed by atoms with Gasteiger partial charge in [0, 0.05) is 13.0 Å². The van der Waals surface area contributed by atoms with Crippen LogP contribution in [0.15, 0.2) is 59.5 Å². The number of aliphatic carboxylic acids is 1. The quantitative estimate of drug-likeness (QED) is 0.513. The minimum absolute atomic E-state index is 0.0108. The van der Waals surface area contributed by atoms with Crippen molar-refractivity contribution >= 4 is 46.3 Å². The summed E-state index contributed by atoms with van der Waals surface area (Å²) in [6.07, 6.45) is 2.17. The topological polar surface area (TPSA) is 66.8 Å². The van der Waals surface area contributed by atoms with Crippen LogP contribution < -0.4 is 4.74 Å². The van der Waals surface area contributed by atoms with E-state index in [0.717, 1.165) is 16.9 Å². The third-order valence-electron chi connectivity index (χ3n) is 4.05. The zero-order valence-electron chi connectivity index (χ0n) is 15.0. The molecular weight excluding hydrogens is 394 g/mol. The first kappa shape index (κ1) is 20.1. The van der Waals surface area contributed by atoms with Gasteiger partial charge in [-0.2, -0.15) is 0 Å². The molecule has 2 aromatic carbocycles. The maximum atomic E-state index is 12.6. The maximum absolute atomic E-state index is 12.6. The SMILES string of the molecule is O=C(O)CCCN1C(=O)C(=Cc2cccc(OCc3ccccc3)c2)SC1=S. The number of rotatable bonds is 8. The van der Waals surface area contributed by atoms with Crippen molar-refractivity contribution in [3.05, 3.63) is 70.6 Å². The number of carboxylic acids is 1. The molecule has 1 saturated heterocycles. The van der Waals surface area contributed by atoms with Gasteiger partial charge in [-0.3, -0.25) is 14.5 Å². The van der Waals surface area contributed by atoms with Crippen molar-refractivity contribution in [1.29, 1.82) is 0 Å². The lowest BCUT2D eigenvalue weighted by Gasteiger charge is -2.13. The molecule has 0 aromatic heterocycles. The lowest BCUT2D eigenvalue weighted by molar-refractivity contribution is -0.137. The molecule has 1 aliphatic rings. The number of thiocarbonyl (C=S) groups is 1. The van der Waals surface area contributed by atoms with E-state index in [1.165, 1.54) is 16.7 Å². The van der Waals surface area contributed by atoms with Gasteiger partial charge < -0.3 is 9.84 Å². The summed E-state index contributed by atoms with van der Waals surface area (Å²) in [6, 6.07) is 17.4. The maximum Gasteiger partial charge on any atom is 0.303 e. The first-order valence-corrected chi connectivity index (χ1v) is 9.99. The van der Waals surface area contributed by atoms with E-state index < -0.39 is 5.97 Å². The smallest absolute Gasteiger partial charge is 0.303 e. The van der Waals surface area contributed by atoms with Gasteiger partial charge in [-0.15, -0.1) is 0 Å². The average molecular weight is 414 g/mol. The summed E-state index contributed by atoms with van der Waals surface area (Å²) in [4.78, 5) is 25.2. The Hall–Kier alpha value is -2.64. The van der Waals surface area contributed by atoms with Crippen LogP contribution in [0.2, 0.25) is 0 Å². The Balaban J connectivity index is 1.65. The van der Waals surface area contributed by atoms with Crippen LogP contribution in [0.25, 0.3) is 6.08 Å². The number of benzene rings is 2. The second kappa shape index (κ2) is 9.52. The molecule has 7 heteroatoms. The zero-order chi connectivity index (χ0) is 19.9. The predicted octanol–water partition coefficient (Wildman–Crippen LogP) is 4.33. The minimum Gasteiger partial charge on any atom is -0.489 e. The molecule has 144 valence electrons. The highest BCUT2D eigenvalue weighted by Gasteiger charge is 2.31. The van der Waals surface area contributed by atoms with Crippen LogP contribution >= 0.6 is 24.0 Å². The molecule has 0 atom stereocenters. The Bertz CT molecular complexity index is 912. The van der Waals surface area contributed by atoms with Gasteiger partial charge in [0.15, 0.2) is 0 Å². The molecule has 1 aliphatic heterocycles. The van der Waals surface area contributed by atoms with Gasteiger partial charge in [0.05, 0.1) is 4.91 Å². The van der Waals surface area contributed by atoms with Crippen molar-refractivity contribution in [2.45, 2.75) is 19.4 Å². The normalized spacial score (nSPS) is 15.3. The number of thioether (sulfide) groups is 1. The molecule has 0 unspecified atom stereocenters. The lowest BCUT2D eigenvalue weighted by atomic mass is 10.2. The summed E-state index contributed by atoms with van der Waals surface area (Å²) < 4.78 is 6.29. The van der Waals surface area contributed by atoms with Gasteiger partial charge in [0.2, 0.25) is 0 Å². The Morgan fingerprint density at radius 2 is 1.96 bits per heavy atom. The molecule has 1 fully saturated rings. The summed E-state index contributed by atoms with van der Waals surface area (Å²) >= 11 is 6.50. The molecule has 0 radical (unpaired) electrons. The molecule has 0 saturated carbocycles. The lowest BCUT2D eigenvalue weighted by Crippen LogP contribution is -2.29. The summed E-state index contributed by atoms with van der Waals surface area (Å²) in [7, 11) is 0. The van der Waals surface area contributed by atoms with E-state index in [9.17, 15) is 9.59 Å². The highest BCUT2D eigenvalue weighted by atomic mass is 32.2. The number of nitrogens with zero attached hydrogens (tertiary/aromatic N) is 1. The van der Waals surface area contributed by atoms with Crippen LogP contribution in [0.4, 0.5) is 0 Å². The Morgan fingerprint density at radius 1 is 1.18 bits per heavy atom. The van der Waals surface area contributed by atoms with Gasteiger partial charge >= 0.3 is 5.97 Å². The highest BCUT2D eigenvalue weighted by Crippen LogP contribution is 2.33. The monoisotopic (exact) mass is 413 g/mol. The largest absolute Gasteiger partial charge is 0.489 e. The molecule has 3 rings (SSSR count). The van der Waals surface area contributed by atoms with E-state index >= 15 is 0 Å². The molecule has 1 amide bonds. The van der Waals surface area contributed by atoms with Gasteiger partial charge in [-0.1, -0.05) is 66.4 Å². The second-order valence-corrected chi connectivity index (χ2v) is 7.85. The van der Waals surface area contributed by atoms with E-state index in [2.05, 4.69) is 0 Å². The Labute approximate surface area is 173 Å². The number of amides is 1. The molecule has 0 aliphatic carbocycles. The van der Waals surface area contributed by atoms with Crippen molar-refractivity contribution in [1.82, 2.24) is 4.90 Å². The van der Waals surface area contributed by atoms with Crippen LogP contribution in [0.1, 0.15) is 24.0 Å². The number of carbonyl (C=O) groups is 2. The summed E-state index contributed by atoms with van der Waals surface area (Å²) in [5.74, 6) is -0.348. The average Bonchev–Trinajstić information content (AvgIpc) is 2.94. The number of hydrogen-bond acceptors (Lipinski definition) is 5. The van der Waals surface area contributed by atoms with Crippen molar-refractivity contribution < 1.29 is 19.4 Å². The third kappa shape index (κ3) is 5.43. The number of ether oxygens (including phenoxy) is 1. The molecule has 28 heavy (non-hydrogen) atoms. The molecule has 2 aromatic rings. The van der Waals surface area contributed by atoms with E-state index in [4.69, 9.17) is 22.1 Å². The molecule has 0 bridgehead atoms. The van der Waals surface area contributed by atoms with E-state index in [0.29, 0.717) is 28.8 Å². The van der Waals surface area contributed by atoms with Crippen LogP contribution in [-0.2, 0) is 16.2 Å². The van der Waals surface area contributed by atoms with Crippen molar-refractivity contribution in [3.63, 3.8) is 0 Å². The van der Waals surface area contributed by atoms with Crippen molar-refractivity contribution in [2.24, 2.45) is 0 Å². The Kier molecular flexibility index (Phi) is 6.84. The first-order chi connectivity index (χ1) is 13.5. The van der Waals surface area contributed by atoms with Crippen molar-refractivity contribution in [2.75, 3.05) is 6.54 Å². The van der Waals surface area contributed by atoms with Gasteiger partial charge in [0.25, 0.3) is 5.91 Å². The van der Waals surface area contributed by atoms with Crippen LogP contribution in [-0.4, -0.2) is 32.7 Å². The van der Waals surface area contributed by atoms with Gasteiger partial charge in [-0.05, 0) is 35.8 Å².